The van der Waals surface area contributed by atoms with Crippen LogP contribution in [0.15, 0.2) is 12.1 Å². The van der Waals surface area contributed by atoms with Crippen LogP contribution >= 0.6 is 23.6 Å². The second-order valence-electron chi connectivity index (χ2n) is 3.98. The number of carboxylic acid groups (broad SMARTS) is 1. The number of carboxylic acids is 1. The van der Waals surface area contributed by atoms with Gasteiger partial charge in [0.05, 0.1) is 6.61 Å². The number of benzene rings is 1. The van der Waals surface area contributed by atoms with Crippen molar-refractivity contribution < 1.29 is 32.7 Å². The third kappa shape index (κ3) is 2.50. The summed E-state index contributed by atoms with van der Waals surface area (Å²) in [4.78, 5) is 11.4. The van der Waals surface area contributed by atoms with Gasteiger partial charge in [-0.1, -0.05) is 11.6 Å². The number of carbonyl (C=O) groups is 1. The molecule has 20 heavy (non-hydrogen) atoms. The Kier molecular flexibility index (Phi) is 4.26. The molecule has 0 aromatic heterocycles. The van der Waals surface area contributed by atoms with Gasteiger partial charge in [0, 0.05) is 35.1 Å². The first-order valence-electron chi connectivity index (χ1n) is 5.38. The summed E-state index contributed by atoms with van der Waals surface area (Å²) in [5, 5.41) is 9.33. The van der Waals surface area contributed by atoms with Crippen LogP contribution < -0.4 is 9.47 Å². The molecule has 1 atom stereocenters. The van der Waals surface area contributed by atoms with Gasteiger partial charge in [0.25, 0.3) is 0 Å². The van der Waals surface area contributed by atoms with Crippen molar-refractivity contribution in [3.8, 4) is 11.5 Å². The molecular weight excluding hydrogens is 318 g/mol. The lowest BCUT2D eigenvalue weighted by atomic mass is 9.91. The fourth-order valence-corrected chi connectivity index (χ4v) is 2.70. The second-order valence-corrected chi connectivity index (χ2v) is 5.30. The molecule has 9 heteroatoms. The molecule has 1 aromatic carbocycles. The zero-order valence-electron chi connectivity index (χ0n) is 9.81. The van der Waals surface area contributed by atoms with Crippen LogP contribution in [-0.2, 0) is 9.54 Å². The average Bonchev–Trinajstić information content (AvgIpc) is 2.37. The van der Waals surface area contributed by atoms with Crippen molar-refractivity contribution in [2.24, 2.45) is 0 Å². The van der Waals surface area contributed by atoms with Crippen molar-refractivity contribution in [2.45, 2.75) is 17.8 Å². The number of fused-ring (bicyclic) bond motifs is 1. The number of aliphatic carboxylic acids is 1. The summed E-state index contributed by atoms with van der Waals surface area (Å²) in [5.74, 6) is -1.83. The van der Waals surface area contributed by atoms with E-state index >= 15 is 0 Å². The van der Waals surface area contributed by atoms with E-state index in [1.807, 2.05) is 0 Å². The Labute approximate surface area is 121 Å². The second kappa shape index (κ2) is 5.63. The van der Waals surface area contributed by atoms with Crippen molar-refractivity contribution in [2.75, 3.05) is 6.61 Å². The number of ether oxygens (including phenoxy) is 2. The Balaban J connectivity index is 2.62. The van der Waals surface area contributed by atoms with E-state index in [2.05, 4.69) is 4.74 Å². The summed E-state index contributed by atoms with van der Waals surface area (Å²) in [6.07, 6.45) is -0.0367. The topological polar surface area (TPSA) is 76.0 Å². The lowest BCUT2D eigenvalue weighted by molar-refractivity contribution is -0.141. The van der Waals surface area contributed by atoms with Gasteiger partial charge < -0.3 is 19.1 Å². The standard InChI is InChI=1S/C11H9ClF2O5S/c12-5-3-6-8(7(4-5)19-10(13)14)18-2-1-11(6,20-17)9(15)16/h3-4,10,17H,1-2H2,(H,15,16). The molecule has 0 saturated carbocycles. The number of hydrogen-bond donors (Lipinski definition) is 2. The van der Waals surface area contributed by atoms with Crippen molar-refractivity contribution in [1.29, 1.82) is 0 Å². The molecule has 0 fully saturated rings. The normalized spacial score (nSPS) is 21.2. The molecule has 2 rings (SSSR count). The number of rotatable bonds is 4. The minimum atomic E-state index is -3.11. The first-order chi connectivity index (χ1) is 9.40. The highest BCUT2D eigenvalue weighted by atomic mass is 35.5. The van der Waals surface area contributed by atoms with Crippen LogP contribution in [0.2, 0.25) is 5.02 Å². The third-order valence-corrected chi connectivity index (χ3v) is 4.00. The van der Waals surface area contributed by atoms with Gasteiger partial charge in [-0.15, -0.1) is 0 Å². The van der Waals surface area contributed by atoms with Gasteiger partial charge in [-0.25, -0.2) is 0 Å². The molecule has 0 bridgehead atoms. The first kappa shape index (κ1) is 15.1. The Hall–Kier alpha value is -1.25. The van der Waals surface area contributed by atoms with Crippen LogP contribution in [0.5, 0.6) is 11.5 Å². The van der Waals surface area contributed by atoms with Crippen LogP contribution in [0.25, 0.3) is 0 Å². The highest BCUT2D eigenvalue weighted by Crippen LogP contribution is 2.50. The fraction of sp³-hybridized carbons (Fsp3) is 0.364. The molecule has 2 N–H and O–H groups in total. The molecule has 110 valence electrons. The summed E-state index contributed by atoms with van der Waals surface area (Å²) >= 11 is 5.89. The molecule has 1 aliphatic heterocycles. The van der Waals surface area contributed by atoms with Gasteiger partial charge in [0.2, 0.25) is 0 Å². The molecular formula is C11H9ClF2O5S. The molecule has 1 unspecified atom stereocenters. The predicted molar refractivity (Wildman–Crippen MR) is 67.7 cm³/mol. The van der Waals surface area contributed by atoms with Crippen molar-refractivity contribution in [3.05, 3.63) is 22.7 Å². The maximum Gasteiger partial charge on any atom is 0.387 e. The SMILES string of the molecule is O=C(O)C1(SO)CCOc2c(OC(F)F)cc(Cl)cc21. The lowest BCUT2D eigenvalue weighted by Crippen LogP contribution is -2.37. The first-order valence-corrected chi connectivity index (χ1v) is 6.53. The van der Waals surface area contributed by atoms with Gasteiger partial charge in [0.15, 0.2) is 16.2 Å². The van der Waals surface area contributed by atoms with Gasteiger partial charge in [-0.3, -0.25) is 4.79 Å². The lowest BCUT2D eigenvalue weighted by Gasteiger charge is -2.33. The van der Waals surface area contributed by atoms with E-state index in [1.54, 1.807) is 0 Å². The van der Waals surface area contributed by atoms with Crippen LogP contribution in [0.3, 0.4) is 0 Å². The van der Waals surface area contributed by atoms with Crippen LogP contribution in [0.4, 0.5) is 8.78 Å². The molecule has 1 heterocycles. The summed E-state index contributed by atoms with van der Waals surface area (Å²) in [6, 6.07) is 2.36. The molecule has 0 amide bonds. The van der Waals surface area contributed by atoms with E-state index in [0.717, 1.165) is 6.07 Å². The quantitative estimate of drug-likeness (QED) is 0.827. The van der Waals surface area contributed by atoms with E-state index in [1.165, 1.54) is 6.07 Å². The number of alkyl halides is 2. The van der Waals surface area contributed by atoms with E-state index in [-0.39, 0.29) is 47.2 Å². The third-order valence-electron chi connectivity index (χ3n) is 2.87. The molecule has 0 aliphatic carbocycles. The Bertz CT molecular complexity index is 542. The Morgan fingerprint density at radius 2 is 2.25 bits per heavy atom. The van der Waals surface area contributed by atoms with E-state index in [0.29, 0.717) is 0 Å². The monoisotopic (exact) mass is 326 g/mol. The zero-order chi connectivity index (χ0) is 14.9. The molecule has 1 aromatic rings. The van der Waals surface area contributed by atoms with Crippen LogP contribution in [-0.4, -0.2) is 28.8 Å². The maximum atomic E-state index is 12.4. The summed E-state index contributed by atoms with van der Waals surface area (Å²) in [6.45, 7) is -3.17. The molecule has 0 saturated heterocycles. The summed E-state index contributed by atoms with van der Waals surface area (Å²) in [5.41, 5.74) is -0.00750. The van der Waals surface area contributed by atoms with Gasteiger partial charge >= 0.3 is 12.6 Å². The van der Waals surface area contributed by atoms with Crippen molar-refractivity contribution in [1.82, 2.24) is 0 Å². The van der Waals surface area contributed by atoms with Gasteiger partial charge in [-0.05, 0) is 6.07 Å². The Morgan fingerprint density at radius 3 is 2.80 bits per heavy atom. The average molecular weight is 327 g/mol. The van der Waals surface area contributed by atoms with Gasteiger partial charge in [0.1, 0.15) is 0 Å². The van der Waals surface area contributed by atoms with E-state index in [9.17, 15) is 23.2 Å². The smallest absolute Gasteiger partial charge is 0.387 e. The largest absolute Gasteiger partial charge is 0.489 e. The summed E-state index contributed by atoms with van der Waals surface area (Å²) < 4.78 is 41.9. The molecule has 1 aliphatic rings. The van der Waals surface area contributed by atoms with Crippen LogP contribution in [0, 0.1) is 0 Å². The van der Waals surface area contributed by atoms with E-state index < -0.39 is 17.3 Å². The number of hydrogen-bond acceptors (Lipinski definition) is 5. The zero-order valence-corrected chi connectivity index (χ0v) is 11.4. The molecule has 0 radical (unpaired) electrons. The Morgan fingerprint density at radius 1 is 1.55 bits per heavy atom. The number of halogens is 3. The van der Waals surface area contributed by atoms with Crippen molar-refractivity contribution in [3.63, 3.8) is 0 Å². The fourth-order valence-electron chi connectivity index (χ4n) is 1.99. The van der Waals surface area contributed by atoms with Crippen molar-refractivity contribution >= 4 is 29.6 Å². The highest BCUT2D eigenvalue weighted by molar-refractivity contribution is 7.95. The van der Waals surface area contributed by atoms with Crippen LogP contribution in [0.1, 0.15) is 12.0 Å². The molecule has 0 spiro atoms. The maximum absolute atomic E-state index is 12.4. The summed E-state index contributed by atoms with van der Waals surface area (Å²) in [7, 11) is 0. The minimum Gasteiger partial charge on any atom is -0.489 e. The van der Waals surface area contributed by atoms with Gasteiger partial charge in [-0.2, -0.15) is 8.78 Å². The minimum absolute atomic E-state index is 0.00424. The molecule has 5 nitrogen and oxygen atoms in total. The highest BCUT2D eigenvalue weighted by Gasteiger charge is 2.47. The predicted octanol–water partition coefficient (Wildman–Crippen LogP) is 3.21. The van der Waals surface area contributed by atoms with E-state index in [4.69, 9.17) is 16.3 Å².